The molecule has 0 atom stereocenters. The van der Waals surface area contributed by atoms with Crippen molar-refractivity contribution in [3.63, 3.8) is 0 Å². The van der Waals surface area contributed by atoms with Gasteiger partial charge in [-0.05, 0) is 42.5 Å². The number of fused-ring (bicyclic) bond motifs is 1. The monoisotopic (exact) mass is 369 g/mol. The summed E-state index contributed by atoms with van der Waals surface area (Å²) in [5.41, 5.74) is 6.57. The molecule has 0 amide bonds. The van der Waals surface area contributed by atoms with E-state index in [1.165, 1.54) is 0 Å². The molecule has 0 radical (unpaired) electrons. The predicted octanol–water partition coefficient (Wildman–Crippen LogP) is 4.77. The summed E-state index contributed by atoms with van der Waals surface area (Å²) in [6.07, 6.45) is 3.32. The first-order valence-electron chi connectivity index (χ1n) is 8.87. The number of hydrogen-bond acceptors (Lipinski definition) is 6. The highest BCUT2D eigenvalue weighted by Gasteiger charge is 2.11. The summed E-state index contributed by atoms with van der Waals surface area (Å²) >= 11 is 0. The van der Waals surface area contributed by atoms with Crippen LogP contribution in [-0.4, -0.2) is 22.0 Å². The minimum atomic E-state index is 0.423. The summed E-state index contributed by atoms with van der Waals surface area (Å²) in [6, 6.07) is 21.6. The summed E-state index contributed by atoms with van der Waals surface area (Å²) in [4.78, 5) is 15.1. The summed E-state index contributed by atoms with van der Waals surface area (Å²) in [5, 5.41) is 9.12. The molecule has 4 aromatic rings. The molecule has 2 aromatic heterocycles. The van der Waals surface area contributed by atoms with Crippen LogP contribution in [0.4, 0.5) is 17.2 Å². The lowest BCUT2D eigenvalue weighted by Crippen LogP contribution is -2.11. The Kier molecular flexibility index (Phi) is 5.15. The maximum absolute atomic E-state index is 4.49. The lowest BCUT2D eigenvalue weighted by molar-refractivity contribution is 0.890. The summed E-state index contributed by atoms with van der Waals surface area (Å²) in [7, 11) is 1.99. The van der Waals surface area contributed by atoms with Crippen molar-refractivity contribution in [2.45, 2.75) is 6.54 Å². The third-order valence-corrected chi connectivity index (χ3v) is 4.28. The summed E-state index contributed by atoms with van der Waals surface area (Å²) < 4.78 is 0. The van der Waals surface area contributed by atoms with Crippen LogP contribution in [0.2, 0.25) is 0 Å². The van der Waals surface area contributed by atoms with E-state index in [0.29, 0.717) is 6.54 Å². The van der Waals surface area contributed by atoms with Gasteiger partial charge in [0, 0.05) is 24.3 Å². The lowest BCUT2D eigenvalue weighted by Gasteiger charge is -2.19. The number of anilines is 3. The topological polar surface area (TPSA) is 78.7 Å². The van der Waals surface area contributed by atoms with Gasteiger partial charge in [0.2, 0.25) is 0 Å². The standard InChI is InChI=1S/C21H19N7/c1-28(18-8-3-2-4-9-18)21-19-13-16(10-11-20(19)23-15-24-21)26-27-25-14-17-7-5-6-12-22-17/h2-13,15H,14H2,1H3,(H,25,26). The molecule has 0 bridgehead atoms. The molecule has 2 aromatic carbocycles. The van der Waals surface area contributed by atoms with Gasteiger partial charge in [-0.1, -0.05) is 29.5 Å². The maximum Gasteiger partial charge on any atom is 0.144 e. The highest BCUT2D eigenvalue weighted by Crippen LogP contribution is 2.29. The molecule has 4 rings (SSSR count). The number of aromatic nitrogens is 3. The molecule has 0 fully saturated rings. The van der Waals surface area contributed by atoms with E-state index in [0.717, 1.165) is 33.8 Å². The number of nitrogens with one attached hydrogen (secondary N) is 1. The van der Waals surface area contributed by atoms with E-state index in [1.807, 2.05) is 78.7 Å². The maximum atomic E-state index is 4.49. The van der Waals surface area contributed by atoms with E-state index >= 15 is 0 Å². The van der Waals surface area contributed by atoms with Gasteiger partial charge >= 0.3 is 0 Å². The number of nitrogens with zero attached hydrogens (tertiary/aromatic N) is 6. The Morgan fingerprint density at radius 3 is 2.61 bits per heavy atom. The van der Waals surface area contributed by atoms with Gasteiger partial charge in [0.05, 0.1) is 16.9 Å². The molecule has 28 heavy (non-hydrogen) atoms. The third kappa shape index (κ3) is 3.93. The molecular weight excluding hydrogens is 350 g/mol. The Morgan fingerprint density at radius 2 is 1.79 bits per heavy atom. The molecule has 0 unspecified atom stereocenters. The second kappa shape index (κ2) is 8.22. The molecule has 0 saturated heterocycles. The number of para-hydroxylation sites is 1. The molecule has 7 nitrogen and oxygen atoms in total. The number of benzene rings is 2. The van der Waals surface area contributed by atoms with Crippen LogP contribution in [-0.2, 0) is 6.54 Å². The number of pyridine rings is 1. The number of hydrogen-bond donors (Lipinski definition) is 1. The Balaban J connectivity index is 1.56. The summed E-state index contributed by atoms with van der Waals surface area (Å²) in [6.45, 7) is 0.423. The van der Waals surface area contributed by atoms with Gasteiger partial charge in [0.1, 0.15) is 18.7 Å². The zero-order chi connectivity index (χ0) is 19.2. The van der Waals surface area contributed by atoms with E-state index in [2.05, 4.69) is 30.7 Å². The van der Waals surface area contributed by atoms with Crippen LogP contribution in [0.3, 0.4) is 0 Å². The normalized spacial score (nSPS) is 11.0. The van der Waals surface area contributed by atoms with E-state index in [9.17, 15) is 0 Å². The van der Waals surface area contributed by atoms with Gasteiger partial charge in [-0.3, -0.25) is 10.4 Å². The van der Waals surface area contributed by atoms with Gasteiger partial charge in [-0.2, -0.15) is 5.11 Å². The van der Waals surface area contributed by atoms with Crippen molar-refractivity contribution >= 4 is 28.1 Å². The highest BCUT2D eigenvalue weighted by molar-refractivity contribution is 5.93. The Bertz CT molecular complexity index is 1080. The van der Waals surface area contributed by atoms with Crippen LogP contribution in [0.15, 0.2) is 89.6 Å². The van der Waals surface area contributed by atoms with E-state index < -0.39 is 0 Å². The predicted molar refractivity (Wildman–Crippen MR) is 110 cm³/mol. The fraction of sp³-hybridized carbons (Fsp3) is 0.0952. The van der Waals surface area contributed by atoms with Crippen molar-refractivity contribution in [3.8, 4) is 0 Å². The van der Waals surface area contributed by atoms with Crippen LogP contribution in [0.5, 0.6) is 0 Å². The van der Waals surface area contributed by atoms with E-state index in [1.54, 1.807) is 12.5 Å². The SMILES string of the molecule is CN(c1ccccc1)c1ncnc2ccc(NN=NCc3ccccn3)cc12. The molecular formula is C21H19N7. The zero-order valence-corrected chi connectivity index (χ0v) is 15.4. The largest absolute Gasteiger partial charge is 0.329 e. The van der Waals surface area contributed by atoms with Crippen LogP contribution in [0.25, 0.3) is 10.9 Å². The molecule has 0 aliphatic carbocycles. The van der Waals surface area contributed by atoms with Gasteiger partial charge < -0.3 is 4.90 Å². The molecule has 0 spiro atoms. The Hall–Kier alpha value is -3.87. The molecule has 138 valence electrons. The van der Waals surface area contributed by atoms with Gasteiger partial charge in [0.25, 0.3) is 0 Å². The third-order valence-electron chi connectivity index (χ3n) is 4.28. The average molecular weight is 369 g/mol. The van der Waals surface area contributed by atoms with Gasteiger partial charge in [-0.15, -0.1) is 0 Å². The first-order valence-corrected chi connectivity index (χ1v) is 8.87. The minimum absolute atomic E-state index is 0.423. The fourth-order valence-electron chi connectivity index (χ4n) is 2.85. The Labute approximate surface area is 162 Å². The fourth-order valence-corrected chi connectivity index (χ4v) is 2.85. The average Bonchev–Trinajstić information content (AvgIpc) is 2.77. The molecule has 0 aliphatic rings. The van der Waals surface area contributed by atoms with Crippen molar-refractivity contribution in [2.75, 3.05) is 17.4 Å². The summed E-state index contributed by atoms with van der Waals surface area (Å²) in [5.74, 6) is 0.824. The van der Waals surface area contributed by atoms with Crippen LogP contribution >= 0.6 is 0 Å². The zero-order valence-electron chi connectivity index (χ0n) is 15.4. The second-order valence-corrected chi connectivity index (χ2v) is 6.16. The minimum Gasteiger partial charge on any atom is -0.329 e. The van der Waals surface area contributed by atoms with Gasteiger partial charge in [-0.25, -0.2) is 9.97 Å². The second-order valence-electron chi connectivity index (χ2n) is 6.16. The smallest absolute Gasteiger partial charge is 0.144 e. The van der Waals surface area contributed by atoms with Crippen LogP contribution < -0.4 is 10.3 Å². The van der Waals surface area contributed by atoms with Crippen molar-refractivity contribution in [3.05, 3.63) is 84.9 Å². The van der Waals surface area contributed by atoms with Crippen molar-refractivity contribution in [2.24, 2.45) is 10.3 Å². The number of rotatable bonds is 6. The van der Waals surface area contributed by atoms with Crippen molar-refractivity contribution in [1.29, 1.82) is 0 Å². The quantitative estimate of drug-likeness (QED) is 0.391. The highest BCUT2D eigenvalue weighted by atomic mass is 15.4. The van der Waals surface area contributed by atoms with Crippen molar-refractivity contribution < 1.29 is 0 Å². The van der Waals surface area contributed by atoms with Crippen molar-refractivity contribution in [1.82, 2.24) is 15.0 Å². The van der Waals surface area contributed by atoms with E-state index in [4.69, 9.17) is 0 Å². The Morgan fingerprint density at radius 1 is 0.929 bits per heavy atom. The lowest BCUT2D eigenvalue weighted by atomic mass is 10.2. The van der Waals surface area contributed by atoms with E-state index in [-0.39, 0.29) is 0 Å². The van der Waals surface area contributed by atoms with Gasteiger partial charge in [0.15, 0.2) is 0 Å². The van der Waals surface area contributed by atoms with Crippen LogP contribution in [0, 0.1) is 0 Å². The molecule has 0 saturated carbocycles. The molecule has 2 heterocycles. The first kappa shape index (κ1) is 17.5. The molecule has 0 aliphatic heterocycles. The molecule has 7 heteroatoms. The molecule has 1 N–H and O–H groups in total. The first-order chi connectivity index (χ1) is 13.8. The van der Waals surface area contributed by atoms with Crippen LogP contribution in [0.1, 0.15) is 5.69 Å².